The second kappa shape index (κ2) is 13.7. The summed E-state index contributed by atoms with van der Waals surface area (Å²) >= 11 is 0. The van der Waals surface area contributed by atoms with Gasteiger partial charge in [0.25, 0.3) is 0 Å². The molecule has 0 atom stereocenters. The van der Waals surface area contributed by atoms with Gasteiger partial charge in [0.2, 0.25) is 0 Å². The molecule has 2 aliphatic rings. The predicted octanol–water partition coefficient (Wildman–Crippen LogP) is 15.1. The topological polar surface area (TPSA) is 18.0 Å². The van der Waals surface area contributed by atoms with E-state index >= 15 is 0 Å². The Morgan fingerprint density at radius 2 is 0.940 bits per heavy atom. The zero-order chi connectivity index (χ0) is 45.9. The van der Waals surface area contributed by atoms with Gasteiger partial charge in [-0.3, -0.25) is 0 Å². The monoisotopic (exact) mass is 866 g/mol. The van der Waals surface area contributed by atoms with Crippen LogP contribution < -0.4 is 16.0 Å². The third-order valence-electron chi connectivity index (χ3n) is 15.0. The minimum absolute atomic E-state index is 0.0261. The molecule has 5 heteroatoms. The summed E-state index contributed by atoms with van der Waals surface area (Å²) in [7, 11) is 0. The van der Waals surface area contributed by atoms with Crippen LogP contribution in [0.2, 0.25) is 0 Å². The van der Waals surface area contributed by atoms with Crippen molar-refractivity contribution in [3.8, 4) is 22.5 Å². The lowest BCUT2D eigenvalue weighted by atomic mass is 9.46. The molecular weight excluding hydrogens is 812 g/mol. The Kier molecular flexibility index (Phi) is 8.18. The Balaban J connectivity index is 1.28. The number of fused-ring (bicyclic) bond motifs is 13. The molecule has 3 aromatic heterocycles. The van der Waals surface area contributed by atoms with Gasteiger partial charge >= 0.3 is 6.85 Å². The fourth-order valence-corrected chi connectivity index (χ4v) is 11.7. The largest absolute Gasteiger partial charge is 0.374 e. The zero-order valence-corrected chi connectivity index (χ0v) is 40.0. The molecule has 0 saturated heterocycles. The predicted molar refractivity (Wildman–Crippen MR) is 287 cm³/mol. The van der Waals surface area contributed by atoms with Crippen LogP contribution in [0, 0.1) is 0 Å². The number of para-hydroxylation sites is 4. The lowest BCUT2D eigenvalue weighted by Gasteiger charge is -2.41. The molecule has 0 unspecified atom stereocenters. The van der Waals surface area contributed by atoms with Crippen molar-refractivity contribution in [3.05, 3.63) is 187 Å². The molecule has 0 amide bonds. The van der Waals surface area contributed by atoms with Gasteiger partial charge in [-0.1, -0.05) is 159 Å². The molecule has 0 saturated carbocycles. The number of hydrogen-bond acceptors (Lipinski definition) is 1. The summed E-state index contributed by atoms with van der Waals surface area (Å²) < 4.78 is 7.88. The second-order valence-corrected chi connectivity index (χ2v) is 22.2. The highest BCUT2D eigenvalue weighted by atomic mass is 15.2. The highest BCUT2D eigenvalue weighted by Gasteiger charge is 2.47. The van der Waals surface area contributed by atoms with Crippen LogP contribution in [-0.2, 0) is 16.2 Å². The van der Waals surface area contributed by atoms with Crippen LogP contribution in [-0.4, -0.2) is 20.5 Å². The Morgan fingerprint density at radius 3 is 1.58 bits per heavy atom. The van der Waals surface area contributed by atoms with E-state index in [2.05, 4.69) is 251 Å². The van der Waals surface area contributed by atoms with Crippen molar-refractivity contribution in [2.24, 2.45) is 0 Å². The maximum atomic E-state index is 2.76. The third kappa shape index (κ3) is 5.61. The molecule has 11 aromatic rings. The van der Waals surface area contributed by atoms with Crippen molar-refractivity contribution < 1.29 is 0 Å². The van der Waals surface area contributed by atoms with Gasteiger partial charge < -0.3 is 18.5 Å². The Hall–Kier alpha value is -7.24. The highest BCUT2D eigenvalue weighted by Crippen LogP contribution is 2.52. The molecule has 5 heterocycles. The number of anilines is 3. The molecule has 0 spiro atoms. The highest BCUT2D eigenvalue weighted by molar-refractivity contribution is 6.90. The molecule has 67 heavy (non-hydrogen) atoms. The summed E-state index contributed by atoms with van der Waals surface area (Å²) in [6, 6.07) is 64.6. The summed E-state index contributed by atoms with van der Waals surface area (Å²) in [5.74, 6) is 0. The van der Waals surface area contributed by atoms with Gasteiger partial charge in [0.15, 0.2) is 0 Å². The first-order valence-electron chi connectivity index (χ1n) is 24.1. The number of hydrogen-bond donors (Lipinski definition) is 0. The van der Waals surface area contributed by atoms with Gasteiger partial charge in [-0.2, -0.15) is 0 Å². The average Bonchev–Trinajstić information content (AvgIpc) is 3.96. The number of nitrogens with zero attached hydrogens (tertiary/aromatic N) is 4. The second-order valence-electron chi connectivity index (χ2n) is 22.2. The first kappa shape index (κ1) is 40.1. The third-order valence-corrected chi connectivity index (χ3v) is 15.0. The maximum Gasteiger partial charge on any atom is 0.351 e. The molecule has 4 nitrogen and oxygen atoms in total. The van der Waals surface area contributed by atoms with Crippen molar-refractivity contribution >= 4 is 89.5 Å². The zero-order valence-electron chi connectivity index (χ0n) is 40.0. The fourth-order valence-electron chi connectivity index (χ4n) is 11.7. The van der Waals surface area contributed by atoms with Crippen molar-refractivity contribution in [1.29, 1.82) is 0 Å². The Morgan fingerprint density at radius 1 is 0.388 bits per heavy atom. The summed E-state index contributed by atoms with van der Waals surface area (Å²) in [4.78, 5) is 2.63. The van der Waals surface area contributed by atoms with E-state index in [-0.39, 0.29) is 23.1 Å². The van der Waals surface area contributed by atoms with Crippen molar-refractivity contribution in [3.63, 3.8) is 0 Å². The van der Waals surface area contributed by atoms with Crippen LogP contribution in [0.5, 0.6) is 0 Å². The molecule has 0 N–H and O–H groups in total. The van der Waals surface area contributed by atoms with Gasteiger partial charge in [-0.15, -0.1) is 0 Å². The molecule has 8 aromatic carbocycles. The molecule has 2 aliphatic heterocycles. The molecule has 0 bridgehead atoms. The van der Waals surface area contributed by atoms with Gasteiger partial charge in [-0.25, -0.2) is 0 Å². The Labute approximate surface area is 393 Å². The lowest BCUT2D eigenvalue weighted by Crippen LogP contribution is -2.58. The summed E-state index contributed by atoms with van der Waals surface area (Å²) in [6.07, 6.45) is 0. The normalized spacial score (nSPS) is 13.7. The molecular formula is C62H55BN4. The summed E-state index contributed by atoms with van der Waals surface area (Å²) in [5.41, 5.74) is 21.3. The molecule has 13 rings (SSSR count). The van der Waals surface area contributed by atoms with Crippen LogP contribution in [0.1, 0.15) is 79.0 Å². The molecule has 326 valence electrons. The Bertz CT molecular complexity index is 3840. The van der Waals surface area contributed by atoms with E-state index < -0.39 is 0 Å². The van der Waals surface area contributed by atoms with E-state index in [0.29, 0.717) is 0 Å². The fraction of sp³-hybridized carbons (Fsp3) is 0.194. The van der Waals surface area contributed by atoms with Crippen LogP contribution in [0.15, 0.2) is 170 Å². The smallest absolute Gasteiger partial charge is 0.351 e. The van der Waals surface area contributed by atoms with Crippen LogP contribution in [0.3, 0.4) is 0 Å². The van der Waals surface area contributed by atoms with Crippen molar-refractivity contribution in [2.45, 2.75) is 78.6 Å². The van der Waals surface area contributed by atoms with Gasteiger partial charge in [0, 0.05) is 71.9 Å². The van der Waals surface area contributed by atoms with Gasteiger partial charge in [-0.05, 0) is 117 Å². The van der Waals surface area contributed by atoms with E-state index in [1.54, 1.807) is 0 Å². The van der Waals surface area contributed by atoms with Crippen LogP contribution in [0.25, 0.3) is 77.0 Å². The number of aromatic nitrogens is 3. The van der Waals surface area contributed by atoms with Crippen LogP contribution in [0.4, 0.5) is 17.1 Å². The molecule has 0 radical (unpaired) electrons. The molecule has 0 aliphatic carbocycles. The van der Waals surface area contributed by atoms with E-state index in [1.807, 2.05) is 0 Å². The lowest BCUT2D eigenvalue weighted by molar-refractivity contribution is 0.589. The van der Waals surface area contributed by atoms with Crippen LogP contribution >= 0.6 is 0 Å². The summed E-state index contributed by atoms with van der Waals surface area (Å²) in [6.45, 7) is 21.0. The van der Waals surface area contributed by atoms with E-state index in [4.69, 9.17) is 0 Å². The standard InChI is InChI=1S/C62H55BN4/c1-60(2,3)38-28-30-43(31-29-38)65-53-37-40(62(7,8)9)34-47-48-35-39(61(4,5)6)36-49-54-52(33-32-45-44-24-16-18-26-50(44)64(57(45)54)41-20-12-10-13-21-41)67(56(48)49)63(55(47)53)59-58(65)46-25-17-19-27-51(46)66(59)42-22-14-11-15-23-42/h10-37H,1-9H3. The van der Waals surface area contributed by atoms with E-state index in [1.165, 1.54) is 116 Å². The first-order chi connectivity index (χ1) is 32.2. The van der Waals surface area contributed by atoms with E-state index in [0.717, 1.165) is 5.69 Å². The SMILES string of the molecule is CC(C)(C)c1ccc(N2c3cc(C(C)(C)C)cc4c3B(c3c2c2ccccc2n3-c2ccccc2)n2c3ccc5c6ccccc6n(-c6ccccc6)c5c3c3cc(C(C)(C)C)cc-4c32)cc1. The maximum absolute atomic E-state index is 2.76. The van der Waals surface area contributed by atoms with E-state index in [9.17, 15) is 0 Å². The first-order valence-corrected chi connectivity index (χ1v) is 24.1. The summed E-state index contributed by atoms with van der Waals surface area (Å²) in [5, 5.41) is 6.38. The average molecular weight is 867 g/mol. The van der Waals surface area contributed by atoms with Crippen molar-refractivity contribution in [2.75, 3.05) is 4.90 Å². The quantitative estimate of drug-likeness (QED) is 0.162. The number of rotatable bonds is 3. The van der Waals surface area contributed by atoms with Crippen molar-refractivity contribution in [1.82, 2.24) is 13.6 Å². The minimum Gasteiger partial charge on any atom is -0.374 e. The molecule has 0 fully saturated rings. The van der Waals surface area contributed by atoms with Gasteiger partial charge in [0.05, 0.1) is 22.2 Å². The number of benzene rings is 8. The van der Waals surface area contributed by atoms with Gasteiger partial charge in [0.1, 0.15) is 0 Å². The minimum atomic E-state index is -0.160.